The van der Waals surface area contributed by atoms with Gasteiger partial charge in [-0.05, 0) is 25.5 Å². The Morgan fingerprint density at radius 1 is 1.50 bits per heavy atom. The van der Waals surface area contributed by atoms with E-state index in [2.05, 4.69) is 16.5 Å². The van der Waals surface area contributed by atoms with Gasteiger partial charge in [0.25, 0.3) is 0 Å². The monoisotopic (exact) mass is 274 g/mol. The van der Waals surface area contributed by atoms with Crippen LogP contribution < -0.4 is 4.74 Å². The summed E-state index contributed by atoms with van der Waals surface area (Å²) < 4.78 is 10.5. The quantitative estimate of drug-likeness (QED) is 0.672. The molecule has 5 nitrogen and oxygen atoms in total. The highest BCUT2D eigenvalue weighted by atomic mass is 16.5. The van der Waals surface area contributed by atoms with Gasteiger partial charge in [0.05, 0.1) is 18.1 Å². The van der Waals surface area contributed by atoms with Gasteiger partial charge in [0.2, 0.25) is 0 Å². The number of benzene rings is 1. The zero-order valence-corrected chi connectivity index (χ0v) is 11.9. The highest BCUT2D eigenvalue weighted by Gasteiger charge is 2.19. The van der Waals surface area contributed by atoms with Crippen molar-refractivity contribution < 1.29 is 14.3 Å². The van der Waals surface area contributed by atoms with E-state index in [0.29, 0.717) is 17.8 Å². The number of carbonyl (C=O) groups is 1. The van der Waals surface area contributed by atoms with Crippen molar-refractivity contribution in [2.75, 3.05) is 7.11 Å². The third-order valence-electron chi connectivity index (χ3n) is 2.98. The van der Waals surface area contributed by atoms with Crippen molar-refractivity contribution in [3.05, 3.63) is 36.2 Å². The molecular weight excluding hydrogens is 256 g/mol. The SMILES string of the molecule is C=C(C)C(=O)OC(CC)c1nc2ccc(OC)cc2[nH]1. The molecule has 5 heteroatoms. The molecule has 0 spiro atoms. The van der Waals surface area contributed by atoms with Gasteiger partial charge >= 0.3 is 5.97 Å². The van der Waals surface area contributed by atoms with Gasteiger partial charge in [0.1, 0.15) is 11.6 Å². The molecule has 1 atom stereocenters. The fourth-order valence-electron chi connectivity index (χ4n) is 1.85. The van der Waals surface area contributed by atoms with Crippen LogP contribution in [0.5, 0.6) is 5.75 Å². The van der Waals surface area contributed by atoms with Crippen LogP contribution in [0.2, 0.25) is 0 Å². The summed E-state index contributed by atoms with van der Waals surface area (Å²) in [5.41, 5.74) is 2.04. The summed E-state index contributed by atoms with van der Waals surface area (Å²) in [6.07, 6.45) is 0.230. The van der Waals surface area contributed by atoms with Gasteiger partial charge in [0, 0.05) is 11.6 Å². The number of ether oxygens (including phenoxy) is 2. The smallest absolute Gasteiger partial charge is 0.333 e. The average molecular weight is 274 g/mol. The maximum atomic E-state index is 11.6. The molecule has 106 valence electrons. The standard InChI is InChI=1S/C15H18N2O3/c1-5-13(20-15(18)9(2)3)14-16-11-7-6-10(19-4)8-12(11)17-14/h6-8,13H,2,5H2,1,3-4H3,(H,16,17). The largest absolute Gasteiger partial charge is 0.497 e. The number of imidazole rings is 1. The number of aromatic nitrogens is 2. The highest BCUT2D eigenvalue weighted by molar-refractivity contribution is 5.87. The van der Waals surface area contributed by atoms with Crippen LogP contribution in [0, 0.1) is 0 Å². The van der Waals surface area contributed by atoms with Crippen LogP contribution in [0.15, 0.2) is 30.4 Å². The molecular formula is C15H18N2O3. The van der Waals surface area contributed by atoms with Gasteiger partial charge in [-0.1, -0.05) is 13.5 Å². The molecule has 1 N–H and O–H groups in total. The molecule has 1 aromatic heterocycles. The highest BCUT2D eigenvalue weighted by Crippen LogP contribution is 2.24. The second-order valence-electron chi connectivity index (χ2n) is 4.59. The number of methoxy groups -OCH3 is 1. The zero-order valence-electron chi connectivity index (χ0n) is 11.9. The number of H-pyrrole nitrogens is 1. The van der Waals surface area contributed by atoms with E-state index in [1.54, 1.807) is 14.0 Å². The number of carbonyl (C=O) groups excluding carboxylic acids is 1. The van der Waals surface area contributed by atoms with Gasteiger partial charge in [-0.2, -0.15) is 0 Å². The Morgan fingerprint density at radius 2 is 2.25 bits per heavy atom. The summed E-state index contributed by atoms with van der Waals surface area (Å²) in [6.45, 7) is 7.14. The van der Waals surface area contributed by atoms with Crippen LogP contribution in [0.3, 0.4) is 0 Å². The number of aromatic amines is 1. The van der Waals surface area contributed by atoms with Crippen molar-refractivity contribution in [2.24, 2.45) is 0 Å². The van der Waals surface area contributed by atoms with Crippen LogP contribution in [-0.2, 0) is 9.53 Å². The molecule has 0 amide bonds. The van der Waals surface area contributed by atoms with E-state index in [-0.39, 0.29) is 0 Å². The van der Waals surface area contributed by atoms with E-state index in [4.69, 9.17) is 9.47 Å². The van der Waals surface area contributed by atoms with E-state index < -0.39 is 12.1 Å². The summed E-state index contributed by atoms with van der Waals surface area (Å²) in [6, 6.07) is 5.56. The van der Waals surface area contributed by atoms with Gasteiger partial charge < -0.3 is 14.5 Å². The second-order valence-corrected chi connectivity index (χ2v) is 4.59. The summed E-state index contributed by atoms with van der Waals surface area (Å²) in [5, 5.41) is 0. The minimum atomic E-state index is -0.408. The molecule has 2 aromatic rings. The normalized spacial score (nSPS) is 12.2. The lowest BCUT2D eigenvalue weighted by atomic mass is 10.2. The Morgan fingerprint density at radius 3 is 2.85 bits per heavy atom. The van der Waals surface area contributed by atoms with Crippen molar-refractivity contribution in [1.82, 2.24) is 9.97 Å². The van der Waals surface area contributed by atoms with Crippen LogP contribution in [0.25, 0.3) is 11.0 Å². The molecule has 0 aliphatic carbocycles. The van der Waals surface area contributed by atoms with Gasteiger partial charge in [0.15, 0.2) is 6.10 Å². The van der Waals surface area contributed by atoms with E-state index in [1.807, 2.05) is 25.1 Å². The molecule has 0 bridgehead atoms. The molecule has 0 radical (unpaired) electrons. The second kappa shape index (κ2) is 5.77. The van der Waals surface area contributed by atoms with Crippen LogP contribution >= 0.6 is 0 Å². The molecule has 1 aromatic carbocycles. The minimum absolute atomic E-state index is 0.376. The Kier molecular flexibility index (Phi) is 4.08. The fourth-order valence-corrected chi connectivity index (χ4v) is 1.85. The predicted octanol–water partition coefficient (Wildman–Crippen LogP) is 3.14. The fraction of sp³-hybridized carbons (Fsp3) is 0.333. The summed E-state index contributed by atoms with van der Waals surface area (Å²) >= 11 is 0. The number of hydrogen-bond donors (Lipinski definition) is 1. The van der Waals surface area contributed by atoms with Crippen LogP contribution in [0.4, 0.5) is 0 Å². The molecule has 1 unspecified atom stereocenters. The Hall–Kier alpha value is -2.30. The zero-order chi connectivity index (χ0) is 14.7. The molecule has 0 fully saturated rings. The van der Waals surface area contributed by atoms with Gasteiger partial charge in [-0.25, -0.2) is 9.78 Å². The van der Waals surface area contributed by atoms with E-state index in [1.165, 1.54) is 0 Å². The lowest BCUT2D eigenvalue weighted by Crippen LogP contribution is -2.12. The lowest BCUT2D eigenvalue weighted by Gasteiger charge is -2.13. The van der Waals surface area contributed by atoms with Crippen molar-refractivity contribution in [3.63, 3.8) is 0 Å². The maximum absolute atomic E-state index is 11.6. The first-order valence-corrected chi connectivity index (χ1v) is 6.45. The molecule has 2 rings (SSSR count). The number of nitrogens with zero attached hydrogens (tertiary/aromatic N) is 1. The topological polar surface area (TPSA) is 64.2 Å². The molecule has 0 aliphatic heterocycles. The number of esters is 1. The first-order chi connectivity index (χ1) is 9.55. The number of hydrogen-bond acceptors (Lipinski definition) is 4. The summed E-state index contributed by atoms with van der Waals surface area (Å²) in [5.74, 6) is 0.972. The number of fused-ring (bicyclic) bond motifs is 1. The minimum Gasteiger partial charge on any atom is -0.497 e. The molecule has 0 saturated heterocycles. The summed E-state index contributed by atoms with van der Waals surface area (Å²) in [4.78, 5) is 19.2. The van der Waals surface area contributed by atoms with Crippen LogP contribution in [0.1, 0.15) is 32.2 Å². The lowest BCUT2D eigenvalue weighted by molar-refractivity contribution is -0.145. The Balaban J connectivity index is 2.30. The van der Waals surface area contributed by atoms with Crippen molar-refractivity contribution in [1.29, 1.82) is 0 Å². The Bertz CT molecular complexity index is 646. The third-order valence-corrected chi connectivity index (χ3v) is 2.98. The van der Waals surface area contributed by atoms with Crippen molar-refractivity contribution >= 4 is 17.0 Å². The maximum Gasteiger partial charge on any atom is 0.333 e. The molecule has 20 heavy (non-hydrogen) atoms. The Labute approximate surface area is 117 Å². The predicted molar refractivity (Wildman–Crippen MR) is 76.6 cm³/mol. The molecule has 0 aliphatic rings. The molecule has 0 saturated carbocycles. The van der Waals surface area contributed by atoms with E-state index in [0.717, 1.165) is 16.8 Å². The summed E-state index contributed by atoms with van der Waals surface area (Å²) in [7, 11) is 1.61. The molecule has 1 heterocycles. The van der Waals surface area contributed by atoms with Crippen LogP contribution in [-0.4, -0.2) is 23.0 Å². The van der Waals surface area contributed by atoms with Gasteiger partial charge in [-0.3, -0.25) is 0 Å². The number of rotatable bonds is 5. The first kappa shape index (κ1) is 14.1. The van der Waals surface area contributed by atoms with Gasteiger partial charge in [-0.15, -0.1) is 0 Å². The van der Waals surface area contributed by atoms with E-state index in [9.17, 15) is 4.79 Å². The first-order valence-electron chi connectivity index (χ1n) is 6.45. The average Bonchev–Trinajstić information content (AvgIpc) is 2.86. The number of nitrogens with one attached hydrogen (secondary N) is 1. The van der Waals surface area contributed by atoms with Crippen molar-refractivity contribution in [3.8, 4) is 5.75 Å². The third kappa shape index (κ3) is 2.82. The van der Waals surface area contributed by atoms with E-state index >= 15 is 0 Å². The van der Waals surface area contributed by atoms with Crippen molar-refractivity contribution in [2.45, 2.75) is 26.4 Å².